The van der Waals surface area contributed by atoms with E-state index in [1.54, 1.807) is 7.05 Å². The zero-order chi connectivity index (χ0) is 5.86. The second kappa shape index (κ2) is 2.58. The smallest absolute Gasteiger partial charge is 0.234 e. The van der Waals surface area contributed by atoms with Crippen LogP contribution in [0.25, 0.3) is 0 Å². The van der Waals surface area contributed by atoms with Crippen molar-refractivity contribution >= 4 is 5.91 Å². The molecule has 0 saturated carbocycles. The Morgan fingerprint density at radius 2 is 2.43 bits per heavy atom. The van der Waals surface area contributed by atoms with E-state index in [1.165, 1.54) is 0 Å². The second-order valence-corrected chi connectivity index (χ2v) is 1.24. The summed E-state index contributed by atoms with van der Waals surface area (Å²) in [4.78, 5) is 10.0. The van der Waals surface area contributed by atoms with Crippen LogP contribution in [0.4, 0.5) is 0 Å². The molecule has 0 saturated heterocycles. The first-order valence-corrected chi connectivity index (χ1v) is 1.98. The van der Waals surface area contributed by atoms with Crippen LogP contribution in [0.3, 0.4) is 0 Å². The number of nitrogens with one attached hydrogen (secondary N) is 1. The molecule has 0 aliphatic rings. The average molecular weight is 101 g/mol. The van der Waals surface area contributed by atoms with Crippen molar-refractivity contribution < 1.29 is 4.79 Å². The van der Waals surface area contributed by atoms with Crippen molar-refractivity contribution in [1.29, 1.82) is 0 Å². The third-order valence-corrected chi connectivity index (χ3v) is 0.692. The predicted octanol–water partition coefficient (Wildman–Crippen LogP) is -1.11. The van der Waals surface area contributed by atoms with Gasteiger partial charge < -0.3 is 11.1 Å². The van der Waals surface area contributed by atoms with Gasteiger partial charge in [-0.1, -0.05) is 0 Å². The molecule has 41 valence electrons. The number of likely N-dealkylation sites (N-methyl/N-ethyl adjacent to an activating group) is 1. The fraction of sp³-hybridized carbons (Fsp3) is 0.500. The van der Waals surface area contributed by atoms with Crippen LogP contribution in [0.1, 0.15) is 0 Å². The number of carbonyl (C=O) groups excluding carboxylic acids is 1. The maximum atomic E-state index is 10.0. The standard InChI is InChI=1S/C4H9N2O/c1-3(6-2)4(5)7/h3,6H,1H2,2H3,(H2,5,7). The van der Waals surface area contributed by atoms with Gasteiger partial charge >= 0.3 is 0 Å². The topological polar surface area (TPSA) is 55.1 Å². The van der Waals surface area contributed by atoms with Gasteiger partial charge in [0.1, 0.15) is 0 Å². The van der Waals surface area contributed by atoms with Gasteiger partial charge in [-0.05, 0) is 14.0 Å². The summed E-state index contributed by atoms with van der Waals surface area (Å²) in [6.45, 7) is 3.37. The molecule has 0 aromatic carbocycles. The Labute approximate surface area is 42.9 Å². The SMILES string of the molecule is [CH2]C(NC)C(N)=O. The number of amides is 1. The molecular weight excluding hydrogens is 92.1 g/mol. The zero-order valence-electron chi connectivity index (χ0n) is 4.27. The summed E-state index contributed by atoms with van der Waals surface area (Å²) < 4.78 is 0. The predicted molar refractivity (Wildman–Crippen MR) is 27.4 cm³/mol. The molecule has 1 unspecified atom stereocenters. The van der Waals surface area contributed by atoms with Crippen molar-refractivity contribution in [2.75, 3.05) is 7.05 Å². The van der Waals surface area contributed by atoms with Crippen LogP contribution in [0.5, 0.6) is 0 Å². The molecule has 0 fully saturated rings. The lowest BCUT2D eigenvalue weighted by Gasteiger charge is -2.00. The van der Waals surface area contributed by atoms with Gasteiger partial charge in [0, 0.05) is 0 Å². The molecule has 3 nitrogen and oxygen atoms in total. The fourth-order valence-corrected chi connectivity index (χ4v) is 0.142. The van der Waals surface area contributed by atoms with E-state index in [0.29, 0.717) is 0 Å². The first-order valence-electron chi connectivity index (χ1n) is 1.98. The van der Waals surface area contributed by atoms with Crippen LogP contribution in [-0.4, -0.2) is 19.0 Å². The summed E-state index contributed by atoms with van der Waals surface area (Å²) in [6.07, 6.45) is 0. The normalized spacial score (nSPS) is 13.4. The number of carbonyl (C=O) groups is 1. The summed E-state index contributed by atoms with van der Waals surface area (Å²) >= 11 is 0. The minimum atomic E-state index is -0.458. The van der Waals surface area contributed by atoms with E-state index < -0.39 is 11.9 Å². The van der Waals surface area contributed by atoms with Crippen molar-refractivity contribution in [2.24, 2.45) is 5.73 Å². The maximum Gasteiger partial charge on any atom is 0.234 e. The van der Waals surface area contributed by atoms with Crippen LogP contribution in [-0.2, 0) is 4.79 Å². The Morgan fingerprint density at radius 1 is 2.00 bits per heavy atom. The molecule has 0 heterocycles. The Bertz CT molecular complexity index is 72.1. The van der Waals surface area contributed by atoms with E-state index in [0.717, 1.165) is 0 Å². The quantitative estimate of drug-likeness (QED) is 0.463. The Morgan fingerprint density at radius 3 is 2.43 bits per heavy atom. The Kier molecular flexibility index (Phi) is 2.37. The van der Waals surface area contributed by atoms with Gasteiger partial charge in [0.05, 0.1) is 6.04 Å². The molecule has 1 atom stereocenters. The third kappa shape index (κ3) is 2.17. The summed E-state index contributed by atoms with van der Waals surface area (Å²) in [5.74, 6) is -0.428. The van der Waals surface area contributed by atoms with Crippen molar-refractivity contribution in [3.63, 3.8) is 0 Å². The van der Waals surface area contributed by atoms with Crippen molar-refractivity contribution in [3.8, 4) is 0 Å². The summed E-state index contributed by atoms with van der Waals surface area (Å²) in [7, 11) is 1.63. The fourth-order valence-electron chi connectivity index (χ4n) is 0.142. The van der Waals surface area contributed by atoms with Gasteiger partial charge in [0.2, 0.25) is 5.91 Å². The van der Waals surface area contributed by atoms with Crippen molar-refractivity contribution in [1.82, 2.24) is 5.32 Å². The van der Waals surface area contributed by atoms with Crippen LogP contribution >= 0.6 is 0 Å². The van der Waals surface area contributed by atoms with Crippen molar-refractivity contribution in [2.45, 2.75) is 6.04 Å². The molecule has 0 aliphatic carbocycles. The van der Waals surface area contributed by atoms with Gasteiger partial charge in [0.15, 0.2) is 0 Å². The van der Waals surface area contributed by atoms with Gasteiger partial charge in [0.25, 0.3) is 0 Å². The highest BCUT2D eigenvalue weighted by atomic mass is 16.1. The number of hydrogen-bond donors (Lipinski definition) is 2. The molecule has 0 aromatic heterocycles. The molecule has 0 aliphatic heterocycles. The van der Waals surface area contributed by atoms with Gasteiger partial charge in [-0.3, -0.25) is 4.79 Å². The molecule has 0 bridgehead atoms. The number of rotatable bonds is 2. The van der Waals surface area contributed by atoms with Crippen LogP contribution in [0.15, 0.2) is 0 Å². The molecule has 1 radical (unpaired) electrons. The molecular formula is C4H9N2O. The van der Waals surface area contributed by atoms with E-state index in [4.69, 9.17) is 5.73 Å². The van der Waals surface area contributed by atoms with E-state index in [-0.39, 0.29) is 0 Å². The van der Waals surface area contributed by atoms with Gasteiger partial charge in [-0.2, -0.15) is 0 Å². The molecule has 1 amide bonds. The van der Waals surface area contributed by atoms with E-state index in [9.17, 15) is 4.79 Å². The van der Waals surface area contributed by atoms with Crippen LogP contribution in [0.2, 0.25) is 0 Å². The van der Waals surface area contributed by atoms with Gasteiger partial charge in [-0.25, -0.2) is 0 Å². The minimum Gasteiger partial charge on any atom is -0.368 e. The molecule has 0 spiro atoms. The average Bonchev–Trinajstić information content (AvgIpc) is 1.65. The molecule has 3 N–H and O–H groups in total. The molecule has 0 aromatic rings. The number of nitrogens with two attached hydrogens (primary N) is 1. The highest BCUT2D eigenvalue weighted by molar-refractivity contribution is 5.80. The summed E-state index contributed by atoms with van der Waals surface area (Å²) in [5.41, 5.74) is 4.78. The second-order valence-electron chi connectivity index (χ2n) is 1.24. The molecule has 7 heavy (non-hydrogen) atoms. The summed E-state index contributed by atoms with van der Waals surface area (Å²) in [5, 5.41) is 2.58. The zero-order valence-corrected chi connectivity index (χ0v) is 4.27. The first-order chi connectivity index (χ1) is 3.18. The lowest BCUT2D eigenvalue weighted by Crippen LogP contribution is -2.36. The Hall–Kier alpha value is -0.570. The Balaban J connectivity index is 3.34. The summed E-state index contributed by atoms with van der Waals surface area (Å²) in [6, 6.07) is -0.458. The monoisotopic (exact) mass is 101 g/mol. The lowest BCUT2D eigenvalue weighted by atomic mass is 10.3. The van der Waals surface area contributed by atoms with Crippen LogP contribution in [0, 0.1) is 6.92 Å². The minimum absolute atomic E-state index is 0.428. The van der Waals surface area contributed by atoms with E-state index in [1.807, 2.05) is 0 Å². The highest BCUT2D eigenvalue weighted by Crippen LogP contribution is 1.70. The third-order valence-electron chi connectivity index (χ3n) is 0.692. The largest absolute Gasteiger partial charge is 0.368 e. The van der Waals surface area contributed by atoms with Crippen LogP contribution < -0.4 is 11.1 Å². The lowest BCUT2D eigenvalue weighted by molar-refractivity contribution is -0.118. The molecule has 3 heteroatoms. The number of hydrogen-bond acceptors (Lipinski definition) is 2. The highest BCUT2D eigenvalue weighted by Gasteiger charge is 2.01. The maximum absolute atomic E-state index is 10.0. The van der Waals surface area contributed by atoms with Crippen molar-refractivity contribution in [3.05, 3.63) is 6.92 Å². The number of primary amides is 1. The van der Waals surface area contributed by atoms with Gasteiger partial charge in [-0.15, -0.1) is 0 Å². The first kappa shape index (κ1) is 6.43. The van der Waals surface area contributed by atoms with E-state index >= 15 is 0 Å². The van der Waals surface area contributed by atoms with E-state index in [2.05, 4.69) is 12.2 Å². The molecule has 0 rings (SSSR count).